The number of methoxy groups -OCH3 is 1. The minimum atomic E-state index is 0.162. The average Bonchev–Trinajstić information content (AvgIpc) is 2.63. The number of nitrogens with zero attached hydrogens (tertiary/aromatic N) is 1. The summed E-state index contributed by atoms with van der Waals surface area (Å²) in [5, 5.41) is 10.1. The van der Waals surface area contributed by atoms with Gasteiger partial charge in [-0.05, 0) is 47.5 Å². The summed E-state index contributed by atoms with van der Waals surface area (Å²) in [5.41, 5.74) is 3.39. The molecule has 0 saturated heterocycles. The summed E-state index contributed by atoms with van der Waals surface area (Å²) in [6.45, 7) is 1.48. The SMILES string of the molecule is COc1ccc(CN(Cc2ccccc2)c2ccc(Br)cc2)cc1O. The zero-order valence-corrected chi connectivity index (χ0v) is 15.6. The molecule has 1 N–H and O–H groups in total. The summed E-state index contributed by atoms with van der Waals surface area (Å²) in [5.74, 6) is 0.650. The smallest absolute Gasteiger partial charge is 0.160 e. The molecule has 0 aliphatic carbocycles. The van der Waals surface area contributed by atoms with Crippen LogP contribution < -0.4 is 9.64 Å². The molecule has 3 nitrogen and oxygen atoms in total. The maximum Gasteiger partial charge on any atom is 0.160 e. The van der Waals surface area contributed by atoms with Crippen molar-refractivity contribution in [1.82, 2.24) is 0 Å². The Morgan fingerprint density at radius 2 is 1.56 bits per heavy atom. The van der Waals surface area contributed by atoms with E-state index in [2.05, 4.69) is 45.1 Å². The molecule has 0 amide bonds. The summed E-state index contributed by atoms with van der Waals surface area (Å²) in [6.07, 6.45) is 0. The van der Waals surface area contributed by atoms with Gasteiger partial charge in [-0.2, -0.15) is 0 Å². The van der Waals surface area contributed by atoms with Gasteiger partial charge in [-0.25, -0.2) is 0 Å². The van der Waals surface area contributed by atoms with Gasteiger partial charge in [-0.1, -0.05) is 52.3 Å². The minimum Gasteiger partial charge on any atom is -0.504 e. The van der Waals surface area contributed by atoms with Crippen LogP contribution in [0.3, 0.4) is 0 Å². The molecule has 4 heteroatoms. The van der Waals surface area contributed by atoms with Gasteiger partial charge in [-0.15, -0.1) is 0 Å². The number of benzene rings is 3. The van der Waals surface area contributed by atoms with Crippen molar-refractivity contribution in [2.75, 3.05) is 12.0 Å². The number of anilines is 1. The number of halogens is 1. The Morgan fingerprint density at radius 3 is 2.20 bits per heavy atom. The van der Waals surface area contributed by atoms with Crippen LogP contribution in [0.15, 0.2) is 77.3 Å². The number of hydrogen-bond donors (Lipinski definition) is 1. The maximum atomic E-state index is 10.1. The molecule has 0 bridgehead atoms. The van der Waals surface area contributed by atoms with Crippen LogP contribution in [0.4, 0.5) is 5.69 Å². The van der Waals surface area contributed by atoms with Crippen LogP contribution in [-0.2, 0) is 13.1 Å². The molecule has 25 heavy (non-hydrogen) atoms. The Kier molecular flexibility index (Phi) is 5.61. The third kappa shape index (κ3) is 4.54. The van der Waals surface area contributed by atoms with E-state index in [1.54, 1.807) is 19.2 Å². The van der Waals surface area contributed by atoms with E-state index in [1.807, 2.05) is 36.4 Å². The number of phenols is 1. The molecule has 0 spiro atoms. The number of phenolic OH excluding ortho intramolecular Hbond substituents is 1. The molecule has 3 aromatic rings. The number of hydrogen-bond acceptors (Lipinski definition) is 3. The average molecular weight is 398 g/mol. The first kappa shape index (κ1) is 17.4. The molecule has 0 unspecified atom stereocenters. The Hall–Kier alpha value is -2.46. The first-order valence-corrected chi connectivity index (χ1v) is 8.85. The molecular formula is C21H20BrNO2. The molecule has 0 fully saturated rings. The van der Waals surface area contributed by atoms with Crippen LogP contribution in [0.5, 0.6) is 11.5 Å². The normalized spacial score (nSPS) is 10.5. The lowest BCUT2D eigenvalue weighted by Gasteiger charge is -2.25. The second kappa shape index (κ2) is 8.08. The van der Waals surface area contributed by atoms with Crippen molar-refractivity contribution in [3.63, 3.8) is 0 Å². The molecule has 128 valence electrons. The van der Waals surface area contributed by atoms with Crippen molar-refractivity contribution >= 4 is 21.6 Å². The lowest BCUT2D eigenvalue weighted by Crippen LogP contribution is -2.22. The van der Waals surface area contributed by atoms with E-state index >= 15 is 0 Å². The fraction of sp³-hybridized carbons (Fsp3) is 0.143. The van der Waals surface area contributed by atoms with Crippen molar-refractivity contribution in [3.8, 4) is 11.5 Å². The molecule has 3 rings (SSSR count). The molecule has 3 aromatic carbocycles. The van der Waals surface area contributed by atoms with Gasteiger partial charge in [0, 0.05) is 23.2 Å². The molecule has 0 aromatic heterocycles. The summed E-state index contributed by atoms with van der Waals surface area (Å²) in [6, 6.07) is 24.2. The van der Waals surface area contributed by atoms with E-state index in [0.29, 0.717) is 12.3 Å². The Labute approximate surface area is 156 Å². The second-order valence-electron chi connectivity index (χ2n) is 5.82. The molecular weight excluding hydrogens is 378 g/mol. The quantitative estimate of drug-likeness (QED) is 0.606. The second-order valence-corrected chi connectivity index (χ2v) is 6.74. The first-order valence-electron chi connectivity index (χ1n) is 8.06. The molecule has 0 saturated carbocycles. The minimum absolute atomic E-state index is 0.162. The fourth-order valence-corrected chi connectivity index (χ4v) is 3.01. The van der Waals surface area contributed by atoms with Crippen LogP contribution in [0, 0.1) is 0 Å². The predicted molar refractivity (Wildman–Crippen MR) is 105 cm³/mol. The van der Waals surface area contributed by atoms with E-state index in [1.165, 1.54) is 5.56 Å². The lowest BCUT2D eigenvalue weighted by atomic mass is 10.1. The van der Waals surface area contributed by atoms with E-state index in [9.17, 15) is 5.11 Å². The highest BCUT2D eigenvalue weighted by Gasteiger charge is 2.10. The standard InChI is InChI=1S/C21H20BrNO2/c1-25-21-12-7-17(13-20(21)24)15-23(14-16-5-3-2-4-6-16)19-10-8-18(22)9-11-19/h2-13,24H,14-15H2,1H3. The van der Waals surface area contributed by atoms with Gasteiger partial charge < -0.3 is 14.7 Å². The van der Waals surface area contributed by atoms with Crippen molar-refractivity contribution in [3.05, 3.63) is 88.4 Å². The van der Waals surface area contributed by atoms with Crippen LogP contribution in [-0.4, -0.2) is 12.2 Å². The Bertz CT molecular complexity index is 819. The van der Waals surface area contributed by atoms with E-state index < -0.39 is 0 Å². The molecule has 0 radical (unpaired) electrons. The van der Waals surface area contributed by atoms with Crippen LogP contribution in [0.25, 0.3) is 0 Å². The zero-order chi connectivity index (χ0) is 17.6. The summed E-state index contributed by atoms with van der Waals surface area (Å²) < 4.78 is 6.18. The van der Waals surface area contributed by atoms with Crippen molar-refractivity contribution in [1.29, 1.82) is 0 Å². The van der Waals surface area contributed by atoms with Gasteiger partial charge in [0.2, 0.25) is 0 Å². The number of aromatic hydroxyl groups is 1. The monoisotopic (exact) mass is 397 g/mol. The highest BCUT2D eigenvalue weighted by Crippen LogP contribution is 2.28. The zero-order valence-electron chi connectivity index (χ0n) is 14.0. The highest BCUT2D eigenvalue weighted by molar-refractivity contribution is 9.10. The highest BCUT2D eigenvalue weighted by atomic mass is 79.9. The van der Waals surface area contributed by atoms with Crippen LogP contribution in [0.1, 0.15) is 11.1 Å². The molecule has 0 aliphatic rings. The number of rotatable bonds is 6. The first-order chi connectivity index (χ1) is 12.2. The fourth-order valence-electron chi connectivity index (χ4n) is 2.75. The molecule has 0 aliphatic heterocycles. The largest absolute Gasteiger partial charge is 0.504 e. The Balaban J connectivity index is 1.87. The lowest BCUT2D eigenvalue weighted by molar-refractivity contribution is 0.373. The molecule has 0 heterocycles. The van der Waals surface area contributed by atoms with Crippen LogP contribution >= 0.6 is 15.9 Å². The topological polar surface area (TPSA) is 32.7 Å². The van der Waals surface area contributed by atoms with Gasteiger partial charge in [0.05, 0.1) is 7.11 Å². The summed E-state index contributed by atoms with van der Waals surface area (Å²) >= 11 is 3.49. The van der Waals surface area contributed by atoms with Crippen LogP contribution in [0.2, 0.25) is 0 Å². The molecule has 0 atom stereocenters. The van der Waals surface area contributed by atoms with E-state index in [-0.39, 0.29) is 5.75 Å². The maximum absolute atomic E-state index is 10.1. The van der Waals surface area contributed by atoms with Gasteiger partial charge in [0.25, 0.3) is 0 Å². The third-order valence-electron chi connectivity index (χ3n) is 4.02. The predicted octanol–water partition coefficient (Wildman–Crippen LogP) is 5.37. The third-order valence-corrected chi connectivity index (χ3v) is 4.55. The van der Waals surface area contributed by atoms with E-state index in [0.717, 1.165) is 22.3 Å². The Morgan fingerprint density at radius 1 is 0.880 bits per heavy atom. The summed E-state index contributed by atoms with van der Waals surface area (Å²) in [4.78, 5) is 2.28. The van der Waals surface area contributed by atoms with Gasteiger partial charge in [-0.3, -0.25) is 0 Å². The van der Waals surface area contributed by atoms with Crippen molar-refractivity contribution < 1.29 is 9.84 Å². The number of ether oxygens (including phenoxy) is 1. The van der Waals surface area contributed by atoms with Crippen molar-refractivity contribution in [2.45, 2.75) is 13.1 Å². The van der Waals surface area contributed by atoms with Gasteiger partial charge in [0.1, 0.15) is 0 Å². The van der Waals surface area contributed by atoms with E-state index in [4.69, 9.17) is 4.74 Å². The summed E-state index contributed by atoms with van der Waals surface area (Å²) in [7, 11) is 1.55. The van der Waals surface area contributed by atoms with Gasteiger partial charge >= 0.3 is 0 Å². The van der Waals surface area contributed by atoms with Gasteiger partial charge in [0.15, 0.2) is 11.5 Å². The van der Waals surface area contributed by atoms with Crippen molar-refractivity contribution in [2.24, 2.45) is 0 Å².